The summed E-state index contributed by atoms with van der Waals surface area (Å²) in [6.07, 6.45) is 0. The highest BCUT2D eigenvalue weighted by Gasteiger charge is 2.20. The maximum atomic E-state index is 13.1. The van der Waals surface area contributed by atoms with Gasteiger partial charge in [0.1, 0.15) is 11.6 Å². The molecule has 1 aliphatic heterocycles. The van der Waals surface area contributed by atoms with Crippen molar-refractivity contribution in [2.24, 2.45) is 5.10 Å². The second-order valence-corrected chi connectivity index (χ2v) is 5.91. The van der Waals surface area contributed by atoms with Crippen LogP contribution in [0.25, 0.3) is 11.4 Å². The van der Waals surface area contributed by atoms with Gasteiger partial charge < -0.3 is 0 Å². The normalized spacial score (nSPS) is 13.6. The van der Waals surface area contributed by atoms with Crippen LogP contribution < -0.4 is 0 Å². The average Bonchev–Trinajstić information content (AvgIpc) is 2.99. The van der Waals surface area contributed by atoms with Crippen LogP contribution in [0.5, 0.6) is 0 Å². The lowest BCUT2D eigenvalue weighted by Gasteiger charge is -2.13. The Hall–Kier alpha value is -2.54. The van der Waals surface area contributed by atoms with Gasteiger partial charge >= 0.3 is 0 Å². The second-order valence-electron chi connectivity index (χ2n) is 4.97. The molecule has 0 bridgehead atoms. The Kier molecular flexibility index (Phi) is 3.42. The van der Waals surface area contributed by atoms with Crippen molar-refractivity contribution in [3.05, 3.63) is 65.7 Å². The Labute approximate surface area is 134 Å². The molecular weight excluding hydrogens is 318 g/mol. The molecule has 114 valence electrons. The van der Waals surface area contributed by atoms with Gasteiger partial charge in [-0.05, 0) is 42.0 Å². The molecule has 2 aromatic carbocycles. The second kappa shape index (κ2) is 5.58. The van der Waals surface area contributed by atoms with Gasteiger partial charge in [-0.3, -0.25) is 0 Å². The van der Waals surface area contributed by atoms with E-state index >= 15 is 0 Å². The molecule has 0 N–H and O–H groups in total. The highest BCUT2D eigenvalue weighted by molar-refractivity contribution is 7.99. The van der Waals surface area contributed by atoms with Gasteiger partial charge in [0.25, 0.3) is 0 Å². The van der Waals surface area contributed by atoms with Crippen LogP contribution >= 0.6 is 11.8 Å². The van der Waals surface area contributed by atoms with Crippen molar-refractivity contribution in [1.29, 1.82) is 0 Å². The minimum Gasteiger partial charge on any atom is -0.207 e. The summed E-state index contributed by atoms with van der Waals surface area (Å²) >= 11 is 1.51. The molecule has 0 saturated heterocycles. The van der Waals surface area contributed by atoms with Crippen LogP contribution in [0.2, 0.25) is 0 Å². The van der Waals surface area contributed by atoms with Gasteiger partial charge in [0, 0.05) is 11.3 Å². The summed E-state index contributed by atoms with van der Waals surface area (Å²) in [5.41, 5.74) is 2.39. The van der Waals surface area contributed by atoms with Crippen molar-refractivity contribution in [3.8, 4) is 11.4 Å². The Bertz CT molecular complexity index is 885. The maximum absolute atomic E-state index is 13.1. The van der Waals surface area contributed by atoms with Crippen molar-refractivity contribution >= 4 is 17.5 Å². The van der Waals surface area contributed by atoms with Crippen molar-refractivity contribution in [2.75, 3.05) is 5.75 Å². The van der Waals surface area contributed by atoms with Crippen LogP contribution in [0.4, 0.5) is 8.78 Å². The average molecular weight is 328 g/mol. The van der Waals surface area contributed by atoms with Gasteiger partial charge in [-0.15, -0.1) is 10.2 Å². The zero-order valence-electron chi connectivity index (χ0n) is 11.8. The van der Waals surface area contributed by atoms with Gasteiger partial charge in [-0.1, -0.05) is 23.9 Å². The summed E-state index contributed by atoms with van der Waals surface area (Å²) in [6.45, 7) is 0. The fourth-order valence-electron chi connectivity index (χ4n) is 2.29. The molecule has 1 aromatic heterocycles. The first-order chi connectivity index (χ1) is 11.2. The summed E-state index contributed by atoms with van der Waals surface area (Å²) in [4.78, 5) is 0. The molecule has 1 aliphatic rings. The zero-order chi connectivity index (χ0) is 15.8. The first-order valence-electron chi connectivity index (χ1n) is 6.89. The summed E-state index contributed by atoms with van der Waals surface area (Å²) in [5, 5.41) is 13.5. The standard InChI is InChI=1S/C16H10F2N4S/c17-12-5-1-10(2-6-12)14-9-23-16-20-19-15(22(16)21-14)11-3-7-13(18)8-4-11/h1-8H,9H2. The minimum atomic E-state index is -0.308. The van der Waals surface area contributed by atoms with E-state index in [1.54, 1.807) is 28.9 Å². The van der Waals surface area contributed by atoms with E-state index in [1.807, 2.05) is 0 Å². The molecule has 0 radical (unpaired) electrons. The number of hydrogen-bond donors (Lipinski definition) is 0. The number of rotatable bonds is 2. The number of benzene rings is 2. The lowest BCUT2D eigenvalue weighted by molar-refractivity contribution is 0.627. The molecule has 0 atom stereocenters. The summed E-state index contributed by atoms with van der Waals surface area (Å²) in [6, 6.07) is 12.2. The third kappa shape index (κ3) is 2.63. The molecule has 2 heterocycles. The van der Waals surface area contributed by atoms with Crippen LogP contribution in [-0.4, -0.2) is 26.3 Å². The molecule has 7 heteroatoms. The van der Waals surface area contributed by atoms with E-state index < -0.39 is 0 Å². The Balaban J connectivity index is 1.77. The molecule has 0 amide bonds. The number of nitrogens with zero attached hydrogens (tertiary/aromatic N) is 4. The topological polar surface area (TPSA) is 43.1 Å². The molecule has 4 rings (SSSR count). The van der Waals surface area contributed by atoms with Crippen LogP contribution in [0.1, 0.15) is 5.56 Å². The van der Waals surface area contributed by atoms with Crippen LogP contribution in [0, 0.1) is 11.6 Å². The Morgan fingerprint density at radius 3 is 2.09 bits per heavy atom. The van der Waals surface area contributed by atoms with E-state index in [-0.39, 0.29) is 11.6 Å². The number of aromatic nitrogens is 3. The number of halogens is 2. The van der Waals surface area contributed by atoms with Gasteiger partial charge in [0.2, 0.25) is 5.16 Å². The van der Waals surface area contributed by atoms with E-state index in [4.69, 9.17) is 0 Å². The van der Waals surface area contributed by atoms with E-state index in [0.29, 0.717) is 16.7 Å². The minimum absolute atomic E-state index is 0.283. The summed E-state index contributed by atoms with van der Waals surface area (Å²) in [5.74, 6) is 0.589. The monoisotopic (exact) mass is 328 g/mol. The predicted molar refractivity (Wildman–Crippen MR) is 84.5 cm³/mol. The zero-order valence-corrected chi connectivity index (χ0v) is 12.6. The Morgan fingerprint density at radius 1 is 0.826 bits per heavy atom. The van der Waals surface area contributed by atoms with Gasteiger partial charge in [0.15, 0.2) is 5.82 Å². The predicted octanol–water partition coefficient (Wildman–Crippen LogP) is 3.58. The largest absolute Gasteiger partial charge is 0.212 e. The molecule has 0 unspecified atom stereocenters. The third-order valence-electron chi connectivity index (χ3n) is 3.45. The fraction of sp³-hybridized carbons (Fsp3) is 0.0625. The van der Waals surface area contributed by atoms with E-state index in [0.717, 1.165) is 16.8 Å². The number of thioether (sulfide) groups is 1. The smallest absolute Gasteiger partial charge is 0.207 e. The van der Waals surface area contributed by atoms with Gasteiger partial charge in [-0.2, -0.15) is 9.78 Å². The summed E-state index contributed by atoms with van der Waals surface area (Å²) < 4.78 is 27.8. The van der Waals surface area contributed by atoms with Crippen molar-refractivity contribution in [2.45, 2.75) is 5.16 Å². The maximum Gasteiger partial charge on any atom is 0.212 e. The first-order valence-corrected chi connectivity index (χ1v) is 7.87. The third-order valence-corrected chi connectivity index (χ3v) is 4.38. The lowest BCUT2D eigenvalue weighted by atomic mass is 10.1. The number of hydrogen-bond acceptors (Lipinski definition) is 4. The van der Waals surface area contributed by atoms with Crippen LogP contribution in [-0.2, 0) is 0 Å². The first kappa shape index (κ1) is 14.1. The Morgan fingerprint density at radius 2 is 1.43 bits per heavy atom. The van der Waals surface area contributed by atoms with Crippen LogP contribution in [0.15, 0.2) is 58.8 Å². The molecule has 23 heavy (non-hydrogen) atoms. The molecule has 0 spiro atoms. The molecule has 3 aromatic rings. The van der Waals surface area contributed by atoms with Gasteiger partial charge in [-0.25, -0.2) is 8.78 Å². The molecule has 4 nitrogen and oxygen atoms in total. The van der Waals surface area contributed by atoms with Gasteiger partial charge in [0.05, 0.1) is 5.71 Å². The fourth-order valence-corrected chi connectivity index (χ4v) is 3.13. The van der Waals surface area contributed by atoms with E-state index in [9.17, 15) is 8.78 Å². The number of fused-ring (bicyclic) bond motifs is 1. The molecular formula is C16H10F2N4S. The SMILES string of the molecule is Fc1ccc(C2=Nn3c(nnc3-c3ccc(F)cc3)SC2)cc1. The quantitative estimate of drug-likeness (QED) is 0.722. The van der Waals surface area contributed by atoms with Crippen molar-refractivity contribution in [1.82, 2.24) is 14.9 Å². The summed E-state index contributed by atoms with van der Waals surface area (Å²) in [7, 11) is 0. The molecule has 0 aliphatic carbocycles. The highest BCUT2D eigenvalue weighted by Crippen LogP contribution is 2.28. The lowest BCUT2D eigenvalue weighted by Crippen LogP contribution is -2.13. The van der Waals surface area contributed by atoms with Crippen molar-refractivity contribution < 1.29 is 8.78 Å². The van der Waals surface area contributed by atoms with Crippen molar-refractivity contribution in [3.63, 3.8) is 0 Å². The van der Waals surface area contributed by atoms with E-state index in [2.05, 4.69) is 15.3 Å². The van der Waals surface area contributed by atoms with E-state index in [1.165, 1.54) is 36.0 Å². The highest BCUT2D eigenvalue weighted by atomic mass is 32.2. The van der Waals surface area contributed by atoms with Crippen LogP contribution in [0.3, 0.4) is 0 Å². The molecule has 0 saturated carbocycles. The molecule has 0 fully saturated rings.